The fourth-order valence-corrected chi connectivity index (χ4v) is 2.05. The van der Waals surface area contributed by atoms with Crippen molar-refractivity contribution in [3.05, 3.63) is 29.8 Å². The van der Waals surface area contributed by atoms with Crippen molar-refractivity contribution in [3.63, 3.8) is 0 Å². The second-order valence-corrected chi connectivity index (χ2v) is 4.00. The van der Waals surface area contributed by atoms with Gasteiger partial charge in [-0.15, -0.1) is 0 Å². The van der Waals surface area contributed by atoms with E-state index in [0.29, 0.717) is 13.0 Å². The van der Waals surface area contributed by atoms with Gasteiger partial charge in [-0.25, -0.2) is 0 Å². The van der Waals surface area contributed by atoms with E-state index in [9.17, 15) is 9.59 Å². The Hall–Kier alpha value is -1.84. The van der Waals surface area contributed by atoms with E-state index in [-0.39, 0.29) is 18.3 Å². The molecule has 1 aliphatic heterocycles. The summed E-state index contributed by atoms with van der Waals surface area (Å²) in [6, 6.07) is 7.81. The standard InChI is InChI=1S/C13H15NO3/c1-17-13(16)8-9-14-11-5-3-2-4-10(11)6-7-12(14)15/h2-5H,6-9H2,1H3. The maximum absolute atomic E-state index is 11.8. The molecule has 1 aromatic carbocycles. The first-order valence-electron chi connectivity index (χ1n) is 5.67. The zero-order chi connectivity index (χ0) is 12.3. The van der Waals surface area contributed by atoms with Crippen LogP contribution in [0.4, 0.5) is 5.69 Å². The third-order valence-electron chi connectivity index (χ3n) is 2.96. The van der Waals surface area contributed by atoms with Gasteiger partial charge in [-0.1, -0.05) is 18.2 Å². The predicted octanol–water partition coefficient (Wildman–Crippen LogP) is 1.53. The van der Waals surface area contributed by atoms with Crippen LogP contribution in [0.25, 0.3) is 0 Å². The first-order chi connectivity index (χ1) is 8.22. The normalized spacial score (nSPS) is 14.4. The Kier molecular flexibility index (Phi) is 3.42. The van der Waals surface area contributed by atoms with Gasteiger partial charge in [-0.05, 0) is 18.1 Å². The molecule has 0 aromatic heterocycles. The van der Waals surface area contributed by atoms with Gasteiger partial charge in [0, 0.05) is 18.7 Å². The molecule has 1 aromatic rings. The lowest BCUT2D eigenvalue weighted by Crippen LogP contribution is -2.36. The van der Waals surface area contributed by atoms with Crippen LogP contribution in [0.2, 0.25) is 0 Å². The first-order valence-corrected chi connectivity index (χ1v) is 5.67. The van der Waals surface area contributed by atoms with E-state index in [1.807, 2.05) is 24.3 Å². The molecule has 90 valence electrons. The number of amides is 1. The molecule has 0 unspecified atom stereocenters. The molecule has 0 N–H and O–H groups in total. The molecule has 2 rings (SSSR count). The lowest BCUT2D eigenvalue weighted by Gasteiger charge is -2.29. The Morgan fingerprint density at radius 3 is 2.88 bits per heavy atom. The number of anilines is 1. The number of rotatable bonds is 3. The van der Waals surface area contributed by atoms with E-state index < -0.39 is 0 Å². The van der Waals surface area contributed by atoms with Crippen LogP contribution in [0.15, 0.2) is 24.3 Å². The van der Waals surface area contributed by atoms with Crippen LogP contribution in [-0.2, 0) is 20.7 Å². The summed E-state index contributed by atoms with van der Waals surface area (Å²) in [6.45, 7) is 0.391. The summed E-state index contributed by atoms with van der Waals surface area (Å²) in [5, 5.41) is 0. The van der Waals surface area contributed by atoms with Crippen molar-refractivity contribution in [2.75, 3.05) is 18.6 Å². The van der Waals surface area contributed by atoms with Crippen LogP contribution in [-0.4, -0.2) is 25.5 Å². The van der Waals surface area contributed by atoms with Gasteiger partial charge in [-0.3, -0.25) is 9.59 Å². The molecule has 0 atom stereocenters. The van der Waals surface area contributed by atoms with Gasteiger partial charge < -0.3 is 9.64 Å². The molecule has 1 heterocycles. The molecule has 0 fully saturated rings. The number of fused-ring (bicyclic) bond motifs is 1. The summed E-state index contributed by atoms with van der Waals surface area (Å²) < 4.78 is 4.59. The zero-order valence-electron chi connectivity index (χ0n) is 9.81. The fourth-order valence-electron chi connectivity index (χ4n) is 2.05. The summed E-state index contributed by atoms with van der Waals surface area (Å²) >= 11 is 0. The highest BCUT2D eigenvalue weighted by atomic mass is 16.5. The van der Waals surface area contributed by atoms with Gasteiger partial charge in [0.25, 0.3) is 0 Å². The number of ether oxygens (including phenoxy) is 1. The molecule has 1 amide bonds. The highest BCUT2D eigenvalue weighted by Gasteiger charge is 2.23. The Morgan fingerprint density at radius 2 is 2.12 bits per heavy atom. The minimum Gasteiger partial charge on any atom is -0.469 e. The van der Waals surface area contributed by atoms with Crippen LogP contribution >= 0.6 is 0 Å². The number of carbonyl (C=O) groups excluding carboxylic acids is 2. The van der Waals surface area contributed by atoms with Gasteiger partial charge in [0.1, 0.15) is 0 Å². The summed E-state index contributed by atoms with van der Waals surface area (Å²) in [5.74, 6) is -0.214. The second-order valence-electron chi connectivity index (χ2n) is 4.00. The van der Waals surface area contributed by atoms with Crippen LogP contribution < -0.4 is 4.90 Å². The van der Waals surface area contributed by atoms with Crippen LogP contribution in [0.1, 0.15) is 18.4 Å². The third kappa shape index (κ3) is 2.46. The molecule has 0 saturated carbocycles. The molecule has 0 aliphatic carbocycles. The number of esters is 1. The summed E-state index contributed by atoms with van der Waals surface area (Å²) in [7, 11) is 1.36. The Balaban J connectivity index is 2.15. The molecule has 17 heavy (non-hydrogen) atoms. The molecule has 4 nitrogen and oxygen atoms in total. The zero-order valence-corrected chi connectivity index (χ0v) is 9.81. The quantitative estimate of drug-likeness (QED) is 0.744. The first kappa shape index (κ1) is 11.6. The SMILES string of the molecule is COC(=O)CCN1C(=O)CCc2ccccc21. The number of nitrogens with zero attached hydrogens (tertiary/aromatic N) is 1. The molecule has 0 radical (unpaired) electrons. The smallest absolute Gasteiger partial charge is 0.307 e. The number of carbonyl (C=O) groups is 2. The van der Waals surface area contributed by atoms with Gasteiger partial charge in [0.2, 0.25) is 5.91 Å². The second kappa shape index (κ2) is 4.99. The third-order valence-corrected chi connectivity index (χ3v) is 2.96. The van der Waals surface area contributed by atoms with Gasteiger partial charge >= 0.3 is 5.97 Å². The van der Waals surface area contributed by atoms with E-state index in [2.05, 4.69) is 4.74 Å². The lowest BCUT2D eigenvalue weighted by atomic mass is 10.0. The molecule has 4 heteroatoms. The Bertz CT molecular complexity index is 442. The van der Waals surface area contributed by atoms with Gasteiger partial charge in [-0.2, -0.15) is 0 Å². The number of methoxy groups -OCH3 is 1. The van der Waals surface area contributed by atoms with Crippen molar-refractivity contribution < 1.29 is 14.3 Å². The minimum absolute atomic E-state index is 0.0765. The summed E-state index contributed by atoms with van der Waals surface area (Å²) in [5.41, 5.74) is 2.09. The van der Waals surface area contributed by atoms with Crippen molar-refractivity contribution in [3.8, 4) is 0 Å². The van der Waals surface area contributed by atoms with Crippen LogP contribution in [0.3, 0.4) is 0 Å². The van der Waals surface area contributed by atoms with Crippen molar-refractivity contribution >= 4 is 17.6 Å². The average Bonchev–Trinajstić information content (AvgIpc) is 2.37. The number of aryl methyl sites for hydroxylation is 1. The van der Waals surface area contributed by atoms with Crippen molar-refractivity contribution in [1.29, 1.82) is 0 Å². The largest absolute Gasteiger partial charge is 0.469 e. The van der Waals surface area contributed by atoms with Crippen LogP contribution in [0.5, 0.6) is 0 Å². The number of hydrogen-bond acceptors (Lipinski definition) is 3. The van der Waals surface area contributed by atoms with Crippen LogP contribution in [0, 0.1) is 0 Å². The molecule has 0 saturated heterocycles. The fraction of sp³-hybridized carbons (Fsp3) is 0.385. The molecular weight excluding hydrogens is 218 g/mol. The molecular formula is C13H15NO3. The molecule has 0 spiro atoms. The Labute approximate surface area is 100 Å². The highest BCUT2D eigenvalue weighted by molar-refractivity contribution is 5.96. The van der Waals surface area contributed by atoms with E-state index in [4.69, 9.17) is 0 Å². The van der Waals surface area contributed by atoms with E-state index in [1.54, 1.807) is 4.90 Å². The van der Waals surface area contributed by atoms with Gasteiger partial charge in [0.05, 0.1) is 13.5 Å². The van der Waals surface area contributed by atoms with E-state index in [1.165, 1.54) is 7.11 Å². The number of benzene rings is 1. The molecule has 1 aliphatic rings. The van der Waals surface area contributed by atoms with Crippen molar-refractivity contribution in [1.82, 2.24) is 0 Å². The lowest BCUT2D eigenvalue weighted by molar-refractivity contribution is -0.140. The topological polar surface area (TPSA) is 46.6 Å². The van der Waals surface area contributed by atoms with E-state index in [0.717, 1.165) is 17.7 Å². The van der Waals surface area contributed by atoms with Gasteiger partial charge in [0.15, 0.2) is 0 Å². The van der Waals surface area contributed by atoms with E-state index >= 15 is 0 Å². The van der Waals surface area contributed by atoms with Crippen molar-refractivity contribution in [2.24, 2.45) is 0 Å². The molecule has 0 bridgehead atoms. The number of para-hydroxylation sites is 1. The Morgan fingerprint density at radius 1 is 1.35 bits per heavy atom. The maximum atomic E-state index is 11.8. The highest BCUT2D eigenvalue weighted by Crippen LogP contribution is 2.27. The van der Waals surface area contributed by atoms with Crippen molar-refractivity contribution in [2.45, 2.75) is 19.3 Å². The summed E-state index contributed by atoms with van der Waals surface area (Å²) in [4.78, 5) is 24.6. The minimum atomic E-state index is -0.291. The maximum Gasteiger partial charge on any atom is 0.307 e. The predicted molar refractivity (Wildman–Crippen MR) is 63.7 cm³/mol. The summed E-state index contributed by atoms with van der Waals surface area (Å²) in [6.07, 6.45) is 1.53. The monoisotopic (exact) mass is 233 g/mol. The number of hydrogen-bond donors (Lipinski definition) is 0. The average molecular weight is 233 g/mol.